The second-order valence-electron chi connectivity index (χ2n) is 14.1. The molecule has 0 saturated carbocycles. The highest BCUT2D eigenvalue weighted by Crippen LogP contribution is 2.15. The molecule has 4 N–H and O–H groups in total. The van der Waals surface area contributed by atoms with Crippen LogP contribution in [-0.2, 0) is 19.1 Å². The number of rotatable bonds is 34. The largest absolute Gasteiger partial charge is 0.463 e. The summed E-state index contributed by atoms with van der Waals surface area (Å²) < 4.78 is 10.2. The van der Waals surface area contributed by atoms with Crippen LogP contribution in [0.3, 0.4) is 0 Å². The lowest BCUT2D eigenvalue weighted by Crippen LogP contribution is -2.26. The summed E-state index contributed by atoms with van der Waals surface area (Å²) in [4.78, 5) is 24.0. The van der Waals surface area contributed by atoms with Crippen LogP contribution in [0.1, 0.15) is 162 Å². The highest BCUT2D eigenvalue weighted by molar-refractivity contribution is 5.69. The molecule has 0 aliphatic rings. The first-order chi connectivity index (χ1) is 24.1. The summed E-state index contributed by atoms with van der Waals surface area (Å²) in [5.41, 5.74) is 0. The Morgan fingerprint density at radius 2 is 0.960 bits per heavy atom. The van der Waals surface area contributed by atoms with Crippen LogP contribution < -0.4 is 0 Å². The minimum atomic E-state index is -1.09. The third-order valence-electron chi connectivity index (χ3n) is 8.61. The number of esters is 2. The van der Waals surface area contributed by atoms with E-state index in [-0.39, 0.29) is 32.0 Å². The lowest BCUT2D eigenvalue weighted by molar-refractivity contribution is -0.152. The number of carbonyl (C=O) groups excluding carboxylic acids is 2. The van der Waals surface area contributed by atoms with Crippen LogP contribution in [-0.4, -0.2) is 70.0 Å². The lowest BCUT2D eigenvalue weighted by Gasteiger charge is -2.14. The molecule has 0 aliphatic heterocycles. The van der Waals surface area contributed by atoms with E-state index in [0.29, 0.717) is 12.8 Å². The number of unbranched alkanes of at least 4 members (excludes halogenated alkanes) is 14. The summed E-state index contributed by atoms with van der Waals surface area (Å²) in [5.74, 6) is -0.0531. The molecule has 0 aromatic rings. The third-order valence-corrected chi connectivity index (χ3v) is 8.61. The van der Waals surface area contributed by atoms with E-state index in [1.54, 1.807) is 36.5 Å². The van der Waals surface area contributed by atoms with E-state index >= 15 is 0 Å². The number of aliphatic hydroxyl groups excluding tert-OH is 4. The fraction of sp³-hybridized carbons (Fsp3) is 0.762. The van der Waals surface area contributed by atoms with Gasteiger partial charge in [0.1, 0.15) is 19.3 Å². The van der Waals surface area contributed by atoms with Gasteiger partial charge in [-0.3, -0.25) is 9.59 Å². The molecule has 0 rings (SSSR count). The fourth-order valence-electron chi connectivity index (χ4n) is 5.42. The van der Waals surface area contributed by atoms with E-state index in [9.17, 15) is 30.0 Å². The Morgan fingerprint density at radius 1 is 0.520 bits per heavy atom. The summed E-state index contributed by atoms with van der Waals surface area (Å²) in [6, 6.07) is 0. The Hall–Kier alpha value is -2.26. The predicted molar refractivity (Wildman–Crippen MR) is 205 cm³/mol. The molecule has 0 heterocycles. The van der Waals surface area contributed by atoms with E-state index in [2.05, 4.69) is 20.8 Å². The first-order valence-corrected chi connectivity index (χ1v) is 19.9. The summed E-state index contributed by atoms with van der Waals surface area (Å²) in [6.45, 7) is 6.24. The lowest BCUT2D eigenvalue weighted by atomic mass is 10.0. The molecule has 290 valence electrons. The van der Waals surface area contributed by atoms with E-state index < -0.39 is 30.4 Å². The molecule has 0 spiro atoms. The molecule has 0 saturated heterocycles. The molecule has 8 nitrogen and oxygen atoms in total. The molecule has 0 fully saturated rings. The van der Waals surface area contributed by atoms with Gasteiger partial charge in [-0.05, 0) is 31.6 Å². The van der Waals surface area contributed by atoms with Gasteiger partial charge in [0.2, 0.25) is 0 Å². The molecular formula is C42H74O8. The maximum atomic E-state index is 12.0. The molecule has 0 unspecified atom stereocenters. The van der Waals surface area contributed by atoms with Crippen LogP contribution in [0, 0.1) is 5.92 Å². The summed E-state index contributed by atoms with van der Waals surface area (Å²) in [5, 5.41) is 40.1. The Labute approximate surface area is 305 Å². The zero-order valence-corrected chi connectivity index (χ0v) is 31.9. The fourth-order valence-corrected chi connectivity index (χ4v) is 5.42. The number of carbonyl (C=O) groups is 2. The maximum absolute atomic E-state index is 12.0. The SMILES string of the molecule is CCCCC[C@@H](O)/C=C/C=C\C=C\C=C\[C@@H](O)[C@H](O)CCCC(=O)OC[C@@H](O)COC(=O)CCCCCCCCCCCCCCCC(C)C. The van der Waals surface area contributed by atoms with Gasteiger partial charge in [-0.15, -0.1) is 0 Å². The Bertz CT molecular complexity index is 909. The average molecular weight is 707 g/mol. The van der Waals surface area contributed by atoms with Gasteiger partial charge in [-0.1, -0.05) is 172 Å². The zero-order valence-electron chi connectivity index (χ0n) is 31.9. The maximum Gasteiger partial charge on any atom is 0.305 e. The van der Waals surface area contributed by atoms with Crippen LogP contribution in [0.4, 0.5) is 0 Å². The molecule has 4 atom stereocenters. The van der Waals surface area contributed by atoms with Gasteiger partial charge in [-0.2, -0.15) is 0 Å². The topological polar surface area (TPSA) is 134 Å². The third kappa shape index (κ3) is 34.2. The van der Waals surface area contributed by atoms with E-state index in [0.717, 1.165) is 50.9 Å². The molecule has 0 amide bonds. The van der Waals surface area contributed by atoms with E-state index in [1.807, 2.05) is 6.08 Å². The van der Waals surface area contributed by atoms with Crippen molar-refractivity contribution >= 4 is 11.9 Å². The Balaban J connectivity index is 3.76. The van der Waals surface area contributed by atoms with Gasteiger partial charge in [0, 0.05) is 12.8 Å². The summed E-state index contributed by atoms with van der Waals surface area (Å²) in [6.07, 6.45) is 32.6. The molecule has 0 aliphatic carbocycles. The molecule has 0 bridgehead atoms. The standard InChI is InChI=1S/C42H74O8/c1-4-5-21-28-37(43)29-23-18-15-16-19-24-30-39(45)40(46)31-26-33-42(48)50-35-38(44)34-49-41(47)32-25-20-14-12-10-8-6-7-9-11-13-17-22-27-36(2)3/h15-16,18-19,23-24,29-30,36-40,43-46H,4-14,17,20-22,25-28,31-35H2,1-3H3/b18-15-,19-16+,29-23+,30-24+/t37-,38+,39-,40-/m1/s1. The van der Waals surface area contributed by atoms with Gasteiger partial charge in [0.15, 0.2) is 0 Å². The van der Waals surface area contributed by atoms with Crippen molar-refractivity contribution in [3.63, 3.8) is 0 Å². The van der Waals surface area contributed by atoms with Crippen LogP contribution in [0.2, 0.25) is 0 Å². The number of aliphatic hydroxyl groups is 4. The highest BCUT2D eigenvalue weighted by atomic mass is 16.6. The Morgan fingerprint density at radius 3 is 1.48 bits per heavy atom. The smallest absolute Gasteiger partial charge is 0.305 e. The summed E-state index contributed by atoms with van der Waals surface area (Å²) >= 11 is 0. The van der Waals surface area contributed by atoms with Crippen molar-refractivity contribution in [3.05, 3.63) is 48.6 Å². The van der Waals surface area contributed by atoms with E-state index in [4.69, 9.17) is 9.47 Å². The van der Waals surface area contributed by atoms with Crippen molar-refractivity contribution in [2.75, 3.05) is 13.2 Å². The minimum Gasteiger partial charge on any atom is -0.463 e. The monoisotopic (exact) mass is 707 g/mol. The molecular weight excluding hydrogens is 632 g/mol. The van der Waals surface area contributed by atoms with Crippen LogP contribution in [0.15, 0.2) is 48.6 Å². The second kappa shape index (κ2) is 35.2. The highest BCUT2D eigenvalue weighted by Gasteiger charge is 2.15. The van der Waals surface area contributed by atoms with Crippen molar-refractivity contribution in [2.45, 2.75) is 186 Å². The number of allylic oxidation sites excluding steroid dienone is 6. The Kier molecular flexibility index (Phi) is 33.6. The second-order valence-corrected chi connectivity index (χ2v) is 14.1. The van der Waals surface area contributed by atoms with Crippen LogP contribution >= 0.6 is 0 Å². The first-order valence-electron chi connectivity index (χ1n) is 19.9. The van der Waals surface area contributed by atoms with Crippen molar-refractivity contribution in [3.8, 4) is 0 Å². The van der Waals surface area contributed by atoms with E-state index in [1.165, 1.54) is 76.7 Å². The summed E-state index contributed by atoms with van der Waals surface area (Å²) in [7, 11) is 0. The van der Waals surface area contributed by atoms with Crippen molar-refractivity contribution in [1.29, 1.82) is 0 Å². The minimum absolute atomic E-state index is 0.0319. The van der Waals surface area contributed by atoms with Crippen molar-refractivity contribution in [1.82, 2.24) is 0 Å². The van der Waals surface area contributed by atoms with Gasteiger partial charge >= 0.3 is 11.9 Å². The van der Waals surface area contributed by atoms with Crippen LogP contribution in [0.5, 0.6) is 0 Å². The average Bonchev–Trinajstić information content (AvgIpc) is 3.08. The first kappa shape index (κ1) is 47.7. The molecule has 8 heteroatoms. The molecule has 0 radical (unpaired) electrons. The van der Waals surface area contributed by atoms with Gasteiger partial charge in [0.25, 0.3) is 0 Å². The van der Waals surface area contributed by atoms with Crippen molar-refractivity contribution in [2.24, 2.45) is 5.92 Å². The zero-order chi connectivity index (χ0) is 37.1. The van der Waals surface area contributed by atoms with Gasteiger partial charge < -0.3 is 29.9 Å². The molecule has 0 aromatic heterocycles. The van der Waals surface area contributed by atoms with Crippen molar-refractivity contribution < 1.29 is 39.5 Å². The predicted octanol–water partition coefficient (Wildman–Crippen LogP) is 9.00. The number of hydrogen-bond acceptors (Lipinski definition) is 8. The molecule has 50 heavy (non-hydrogen) atoms. The molecule has 0 aromatic carbocycles. The van der Waals surface area contributed by atoms with Gasteiger partial charge in [0.05, 0.1) is 18.3 Å². The normalized spacial score (nSPS) is 14.7. The quantitative estimate of drug-likeness (QED) is 0.0296. The number of ether oxygens (including phenoxy) is 2. The van der Waals surface area contributed by atoms with Crippen LogP contribution in [0.25, 0.3) is 0 Å². The van der Waals surface area contributed by atoms with Gasteiger partial charge in [-0.25, -0.2) is 0 Å². The number of hydrogen-bond donors (Lipinski definition) is 4.